The van der Waals surface area contributed by atoms with E-state index in [-0.39, 0.29) is 23.0 Å². The minimum absolute atomic E-state index is 0. The molecule has 1 N–H and O–H groups in total. The molecule has 1 nitrogen and oxygen atoms in total. The molecule has 5 rings (SSSR count). The van der Waals surface area contributed by atoms with Crippen molar-refractivity contribution in [1.82, 2.24) is 0 Å². The van der Waals surface area contributed by atoms with Crippen molar-refractivity contribution >= 4 is 34.5 Å². The normalized spacial score (nSPS) is 20.6. The standard InChI is InChI=1S/C24H24BrOP.C5H10.Fe/c25-22-16-8-7-14-20(22)24(26)21-15-9-17-23(21)27(18-10-3-1-4-11-18)19-12-5-2-6-13-19;1-2-4-5-3-1;/h1-8,10-14,16,21,23-24,26H,9,15,17H2;1-5H2;/t21?,23?,24-;;/m1../s1. The Hall–Kier alpha value is -0.951. The summed E-state index contributed by atoms with van der Waals surface area (Å²) in [6.07, 6.45) is 10.5. The van der Waals surface area contributed by atoms with Gasteiger partial charge in [-0.25, -0.2) is 0 Å². The molecule has 0 amide bonds. The summed E-state index contributed by atoms with van der Waals surface area (Å²) in [5, 5.41) is 14.1. The van der Waals surface area contributed by atoms with Gasteiger partial charge in [-0.05, 0) is 54.6 Å². The van der Waals surface area contributed by atoms with Crippen LogP contribution in [0.1, 0.15) is 63.0 Å². The summed E-state index contributed by atoms with van der Waals surface area (Å²) in [4.78, 5) is 0. The van der Waals surface area contributed by atoms with Gasteiger partial charge in [0.2, 0.25) is 0 Å². The molecule has 2 aliphatic carbocycles. The van der Waals surface area contributed by atoms with Crippen LogP contribution in [0, 0.1) is 5.92 Å². The van der Waals surface area contributed by atoms with E-state index in [2.05, 4.69) is 82.7 Å². The molecule has 33 heavy (non-hydrogen) atoms. The van der Waals surface area contributed by atoms with Gasteiger partial charge in [0.25, 0.3) is 0 Å². The second-order valence-corrected chi connectivity index (χ2v) is 12.2. The molecular weight excluding hydrogens is 531 g/mol. The second-order valence-electron chi connectivity index (χ2n) is 8.94. The molecule has 2 fully saturated rings. The Morgan fingerprint density at radius 3 is 1.67 bits per heavy atom. The monoisotopic (exact) mass is 564 g/mol. The molecule has 3 atom stereocenters. The Morgan fingerprint density at radius 2 is 1.15 bits per heavy atom. The van der Waals surface area contributed by atoms with Crippen LogP contribution in [0.2, 0.25) is 0 Å². The van der Waals surface area contributed by atoms with Crippen LogP contribution in [0.5, 0.6) is 0 Å². The summed E-state index contributed by atoms with van der Waals surface area (Å²) in [7, 11) is -0.499. The molecule has 0 heterocycles. The summed E-state index contributed by atoms with van der Waals surface area (Å²) in [6, 6.07) is 29.9. The van der Waals surface area contributed by atoms with Crippen LogP contribution in [-0.4, -0.2) is 10.8 Å². The number of benzene rings is 3. The van der Waals surface area contributed by atoms with Crippen LogP contribution in [0.25, 0.3) is 0 Å². The fraction of sp³-hybridized carbons (Fsp3) is 0.379. The van der Waals surface area contributed by atoms with Crippen molar-refractivity contribution in [2.24, 2.45) is 5.92 Å². The summed E-state index contributed by atoms with van der Waals surface area (Å²) in [5.41, 5.74) is 1.51. The van der Waals surface area contributed by atoms with Gasteiger partial charge >= 0.3 is 0 Å². The first kappa shape index (κ1) is 26.7. The Morgan fingerprint density at radius 1 is 0.667 bits per heavy atom. The van der Waals surface area contributed by atoms with E-state index in [1.807, 2.05) is 18.2 Å². The Bertz CT molecular complexity index is 901. The van der Waals surface area contributed by atoms with Crippen LogP contribution in [-0.2, 0) is 17.1 Å². The average Bonchev–Trinajstić information content (AvgIpc) is 3.57. The van der Waals surface area contributed by atoms with Crippen molar-refractivity contribution in [3.05, 3.63) is 95.0 Å². The molecule has 0 aliphatic heterocycles. The Kier molecular flexibility index (Phi) is 11.2. The van der Waals surface area contributed by atoms with Gasteiger partial charge in [-0.3, -0.25) is 0 Å². The number of hydrogen-bond donors (Lipinski definition) is 1. The van der Waals surface area contributed by atoms with Gasteiger partial charge < -0.3 is 5.11 Å². The maximum atomic E-state index is 11.3. The van der Waals surface area contributed by atoms with Crippen molar-refractivity contribution in [2.75, 3.05) is 0 Å². The van der Waals surface area contributed by atoms with E-state index in [0.29, 0.717) is 5.66 Å². The van der Waals surface area contributed by atoms with Crippen molar-refractivity contribution in [3.8, 4) is 0 Å². The molecule has 3 aromatic rings. The fourth-order valence-electron chi connectivity index (χ4n) is 5.20. The van der Waals surface area contributed by atoms with E-state index >= 15 is 0 Å². The molecule has 0 bridgehead atoms. The van der Waals surface area contributed by atoms with Gasteiger partial charge in [0.15, 0.2) is 0 Å². The molecule has 0 saturated heterocycles. The first-order valence-electron chi connectivity index (χ1n) is 12.1. The molecule has 0 spiro atoms. The number of aliphatic hydroxyl groups is 1. The van der Waals surface area contributed by atoms with Gasteiger partial charge in [0.1, 0.15) is 0 Å². The third-order valence-corrected chi connectivity index (χ3v) is 10.5. The smallest absolute Gasteiger partial charge is 0.0835 e. The number of hydrogen-bond acceptors (Lipinski definition) is 1. The molecule has 0 aromatic heterocycles. The SMILES string of the molecule is C1CCCC1.O[C@H](c1ccccc1Br)C1CCCC1P(c1ccccc1)c1ccccc1.[Fe]. The third kappa shape index (κ3) is 7.03. The number of rotatable bonds is 5. The predicted molar refractivity (Wildman–Crippen MR) is 142 cm³/mol. The maximum Gasteiger partial charge on any atom is 0.0835 e. The van der Waals surface area contributed by atoms with Crippen LogP contribution in [0.4, 0.5) is 0 Å². The van der Waals surface area contributed by atoms with E-state index in [1.165, 1.54) is 55.6 Å². The third-order valence-electron chi connectivity index (χ3n) is 6.81. The van der Waals surface area contributed by atoms with Crippen molar-refractivity contribution in [2.45, 2.75) is 63.1 Å². The van der Waals surface area contributed by atoms with Gasteiger partial charge in [0.05, 0.1) is 6.10 Å². The summed E-state index contributed by atoms with van der Waals surface area (Å²) in [6.45, 7) is 0. The molecule has 3 aromatic carbocycles. The van der Waals surface area contributed by atoms with Gasteiger partial charge in [-0.1, -0.05) is 133 Å². The maximum absolute atomic E-state index is 11.3. The van der Waals surface area contributed by atoms with Gasteiger partial charge in [-0.2, -0.15) is 0 Å². The van der Waals surface area contributed by atoms with Crippen molar-refractivity contribution < 1.29 is 22.2 Å². The molecule has 2 saturated carbocycles. The largest absolute Gasteiger partial charge is 0.388 e. The first-order valence-corrected chi connectivity index (χ1v) is 14.3. The van der Waals surface area contributed by atoms with E-state index in [4.69, 9.17) is 0 Å². The molecule has 0 radical (unpaired) electrons. The van der Waals surface area contributed by atoms with Crippen LogP contribution < -0.4 is 10.6 Å². The van der Waals surface area contributed by atoms with Crippen LogP contribution in [0.15, 0.2) is 89.4 Å². The minimum Gasteiger partial charge on any atom is -0.388 e. The van der Waals surface area contributed by atoms with Crippen LogP contribution >= 0.6 is 23.9 Å². The number of aliphatic hydroxyl groups excluding tert-OH is 1. The average molecular weight is 565 g/mol. The van der Waals surface area contributed by atoms with Gasteiger partial charge in [0, 0.05) is 21.5 Å². The molecule has 2 aliphatic rings. The quantitative estimate of drug-likeness (QED) is 0.248. The summed E-state index contributed by atoms with van der Waals surface area (Å²) < 4.78 is 1.01. The van der Waals surface area contributed by atoms with Crippen molar-refractivity contribution in [3.63, 3.8) is 0 Å². The second kappa shape index (κ2) is 13.8. The Balaban J connectivity index is 0.000000453. The fourth-order valence-corrected chi connectivity index (χ4v) is 8.90. The zero-order valence-corrected chi connectivity index (χ0v) is 22.7. The minimum atomic E-state index is -0.499. The van der Waals surface area contributed by atoms with E-state index in [0.717, 1.165) is 16.5 Å². The van der Waals surface area contributed by atoms with E-state index in [1.54, 1.807) is 0 Å². The molecule has 4 heteroatoms. The van der Waals surface area contributed by atoms with E-state index < -0.39 is 14.0 Å². The predicted octanol–water partition coefficient (Wildman–Crippen LogP) is 7.73. The van der Waals surface area contributed by atoms with Gasteiger partial charge in [-0.15, -0.1) is 0 Å². The van der Waals surface area contributed by atoms with Crippen molar-refractivity contribution in [1.29, 1.82) is 0 Å². The van der Waals surface area contributed by atoms with E-state index in [9.17, 15) is 5.11 Å². The summed E-state index contributed by atoms with van der Waals surface area (Å²) >= 11 is 3.64. The number of halogens is 1. The van der Waals surface area contributed by atoms with Crippen LogP contribution in [0.3, 0.4) is 0 Å². The first-order chi connectivity index (χ1) is 15.8. The molecule has 176 valence electrons. The Labute approximate surface area is 219 Å². The zero-order valence-electron chi connectivity index (χ0n) is 19.1. The topological polar surface area (TPSA) is 20.2 Å². The molecule has 2 unspecified atom stereocenters. The summed E-state index contributed by atoms with van der Waals surface area (Å²) in [5.74, 6) is 0.287. The zero-order chi connectivity index (χ0) is 22.2. The molecular formula is C29H34BrFeOP.